The lowest BCUT2D eigenvalue weighted by Crippen LogP contribution is -2.35. The second-order valence-corrected chi connectivity index (χ2v) is 5.49. The molecule has 1 aliphatic rings. The zero-order chi connectivity index (χ0) is 15.6. The molecule has 1 amide bonds. The summed E-state index contributed by atoms with van der Waals surface area (Å²) in [4.78, 5) is 25.9. The fourth-order valence-corrected chi connectivity index (χ4v) is 2.53. The van der Waals surface area contributed by atoms with Gasteiger partial charge >= 0.3 is 0 Å². The highest BCUT2D eigenvalue weighted by atomic mass is 16.3. The first-order valence-corrected chi connectivity index (χ1v) is 6.98. The molecule has 0 spiro atoms. The van der Waals surface area contributed by atoms with Crippen LogP contribution >= 0.6 is 0 Å². The highest BCUT2D eigenvalue weighted by molar-refractivity contribution is 6.08. The van der Waals surface area contributed by atoms with E-state index in [0.29, 0.717) is 5.76 Å². The number of hydrogen-bond acceptors (Lipinski definition) is 5. The van der Waals surface area contributed by atoms with E-state index in [2.05, 4.69) is 0 Å². The van der Waals surface area contributed by atoms with E-state index in [4.69, 9.17) is 10.2 Å². The highest BCUT2D eigenvalue weighted by Crippen LogP contribution is 2.38. The summed E-state index contributed by atoms with van der Waals surface area (Å²) in [5, 5.41) is 10.1. The number of nitrogens with zero attached hydrogens (tertiary/aromatic N) is 1. The Kier molecular flexibility index (Phi) is 4.47. The number of Topliss-reactive ketones (excluding diaryl/α,β-unsaturated/α-hetero) is 1. The van der Waals surface area contributed by atoms with Gasteiger partial charge in [0.25, 0.3) is 5.91 Å². The van der Waals surface area contributed by atoms with Gasteiger partial charge in [0.05, 0.1) is 11.8 Å². The van der Waals surface area contributed by atoms with Gasteiger partial charge in [-0.2, -0.15) is 0 Å². The Hall–Kier alpha value is -2.08. The standard InChI is InChI=1S/C15H20N2O4/c1-9(2)8-10(18)12-13(11-4-3-7-21-11)17(6-5-16)15(20)14(12)19/h3-4,7,9,13,19H,5-6,8,16H2,1-2H3. The summed E-state index contributed by atoms with van der Waals surface area (Å²) >= 11 is 0. The van der Waals surface area contributed by atoms with Gasteiger partial charge in [0.2, 0.25) is 0 Å². The maximum atomic E-state index is 12.4. The highest BCUT2D eigenvalue weighted by Gasteiger charge is 2.44. The van der Waals surface area contributed by atoms with Crippen LogP contribution in [0.15, 0.2) is 34.1 Å². The Morgan fingerprint density at radius 2 is 2.24 bits per heavy atom. The molecule has 1 aromatic heterocycles. The zero-order valence-corrected chi connectivity index (χ0v) is 12.2. The maximum absolute atomic E-state index is 12.4. The molecule has 0 bridgehead atoms. The van der Waals surface area contributed by atoms with Gasteiger partial charge in [-0.15, -0.1) is 0 Å². The number of amides is 1. The van der Waals surface area contributed by atoms with Gasteiger partial charge in [-0.05, 0) is 18.1 Å². The molecule has 1 aliphatic heterocycles. The molecule has 21 heavy (non-hydrogen) atoms. The second-order valence-electron chi connectivity index (χ2n) is 5.49. The molecule has 1 atom stereocenters. The van der Waals surface area contributed by atoms with E-state index in [1.165, 1.54) is 11.2 Å². The van der Waals surface area contributed by atoms with Crippen molar-refractivity contribution >= 4 is 11.7 Å². The third kappa shape index (κ3) is 2.85. The number of rotatable bonds is 6. The average molecular weight is 292 g/mol. The number of furan rings is 1. The Bertz CT molecular complexity index is 560. The number of aliphatic hydroxyl groups is 1. The minimum atomic E-state index is -0.692. The van der Waals surface area contributed by atoms with Crippen molar-refractivity contribution in [2.24, 2.45) is 11.7 Å². The van der Waals surface area contributed by atoms with Crippen LogP contribution in [0.2, 0.25) is 0 Å². The minimum absolute atomic E-state index is 0.108. The van der Waals surface area contributed by atoms with Crippen molar-refractivity contribution in [1.82, 2.24) is 4.90 Å². The fourth-order valence-electron chi connectivity index (χ4n) is 2.53. The molecule has 0 radical (unpaired) electrons. The summed E-state index contributed by atoms with van der Waals surface area (Å²) in [6.07, 6.45) is 1.74. The van der Waals surface area contributed by atoms with Crippen LogP contribution in [0, 0.1) is 5.92 Å². The number of nitrogens with two attached hydrogens (primary N) is 1. The van der Waals surface area contributed by atoms with Gasteiger partial charge in [0.15, 0.2) is 11.5 Å². The lowest BCUT2D eigenvalue weighted by Gasteiger charge is -2.24. The average Bonchev–Trinajstić information content (AvgIpc) is 3.00. The minimum Gasteiger partial charge on any atom is -0.503 e. The number of ketones is 1. The van der Waals surface area contributed by atoms with Gasteiger partial charge in [-0.3, -0.25) is 9.59 Å². The summed E-state index contributed by atoms with van der Waals surface area (Å²) in [7, 11) is 0. The summed E-state index contributed by atoms with van der Waals surface area (Å²) in [5.74, 6) is -0.720. The molecule has 0 saturated carbocycles. The first-order valence-electron chi connectivity index (χ1n) is 6.98. The smallest absolute Gasteiger partial charge is 0.290 e. The third-order valence-corrected chi connectivity index (χ3v) is 3.38. The van der Waals surface area contributed by atoms with E-state index < -0.39 is 17.7 Å². The van der Waals surface area contributed by atoms with Crippen molar-refractivity contribution in [3.8, 4) is 0 Å². The van der Waals surface area contributed by atoms with Crippen LogP contribution in [-0.4, -0.2) is 34.8 Å². The van der Waals surface area contributed by atoms with Crippen LogP contribution in [0.4, 0.5) is 0 Å². The van der Waals surface area contributed by atoms with Crippen LogP contribution < -0.4 is 5.73 Å². The molecule has 6 heteroatoms. The molecule has 0 aromatic carbocycles. The van der Waals surface area contributed by atoms with Crippen molar-refractivity contribution in [2.75, 3.05) is 13.1 Å². The molecule has 2 rings (SSSR count). The Balaban J connectivity index is 2.42. The largest absolute Gasteiger partial charge is 0.503 e. The number of aliphatic hydroxyl groups excluding tert-OH is 1. The Morgan fingerprint density at radius 1 is 1.52 bits per heavy atom. The third-order valence-electron chi connectivity index (χ3n) is 3.38. The van der Waals surface area contributed by atoms with Crippen molar-refractivity contribution in [1.29, 1.82) is 0 Å². The van der Waals surface area contributed by atoms with Gasteiger partial charge in [-0.25, -0.2) is 0 Å². The molecule has 3 N–H and O–H groups in total. The predicted molar refractivity (Wildman–Crippen MR) is 76.3 cm³/mol. The quantitative estimate of drug-likeness (QED) is 0.829. The molecule has 1 aromatic rings. The number of carbonyl (C=O) groups excluding carboxylic acids is 2. The van der Waals surface area contributed by atoms with E-state index in [9.17, 15) is 14.7 Å². The summed E-state index contributed by atoms with van der Waals surface area (Å²) in [6, 6.07) is 2.67. The SMILES string of the molecule is CC(C)CC(=O)C1=C(O)C(=O)N(CCN)C1c1ccco1. The van der Waals surface area contributed by atoms with E-state index >= 15 is 0 Å². The van der Waals surface area contributed by atoms with Crippen LogP contribution in [0.3, 0.4) is 0 Å². The van der Waals surface area contributed by atoms with Crippen LogP contribution in [0.5, 0.6) is 0 Å². The molecule has 6 nitrogen and oxygen atoms in total. The molecule has 0 aliphatic carbocycles. The molecular weight excluding hydrogens is 272 g/mol. The summed E-state index contributed by atoms with van der Waals surface area (Å²) in [6.45, 7) is 4.30. The van der Waals surface area contributed by atoms with Crippen molar-refractivity contribution < 1.29 is 19.1 Å². The fraction of sp³-hybridized carbons (Fsp3) is 0.467. The first-order chi connectivity index (χ1) is 9.97. The molecule has 0 fully saturated rings. The van der Waals surface area contributed by atoms with Gasteiger partial charge in [-0.1, -0.05) is 13.8 Å². The van der Waals surface area contributed by atoms with Crippen LogP contribution in [0.1, 0.15) is 32.1 Å². The predicted octanol–water partition coefficient (Wildman–Crippen LogP) is 1.55. The molecule has 114 valence electrons. The van der Waals surface area contributed by atoms with Gasteiger partial charge < -0.3 is 20.2 Å². The monoisotopic (exact) mass is 292 g/mol. The van der Waals surface area contributed by atoms with E-state index in [1.807, 2.05) is 13.8 Å². The van der Waals surface area contributed by atoms with Gasteiger partial charge in [0.1, 0.15) is 11.8 Å². The van der Waals surface area contributed by atoms with E-state index in [-0.39, 0.29) is 36.8 Å². The van der Waals surface area contributed by atoms with Gasteiger partial charge in [0, 0.05) is 19.5 Å². The molecule has 1 unspecified atom stereocenters. The van der Waals surface area contributed by atoms with Crippen LogP contribution in [-0.2, 0) is 9.59 Å². The number of hydrogen-bond donors (Lipinski definition) is 2. The molecule has 2 heterocycles. The first kappa shape index (κ1) is 15.3. The molecular formula is C15H20N2O4. The van der Waals surface area contributed by atoms with Crippen molar-refractivity contribution in [3.63, 3.8) is 0 Å². The zero-order valence-electron chi connectivity index (χ0n) is 12.2. The summed E-state index contributed by atoms with van der Waals surface area (Å²) < 4.78 is 5.34. The topological polar surface area (TPSA) is 96.8 Å². The lowest BCUT2D eigenvalue weighted by molar-refractivity contribution is -0.129. The Morgan fingerprint density at radius 3 is 2.76 bits per heavy atom. The second kappa shape index (κ2) is 6.13. The number of carbonyl (C=O) groups is 2. The normalized spacial score (nSPS) is 19.0. The van der Waals surface area contributed by atoms with Crippen molar-refractivity contribution in [3.05, 3.63) is 35.5 Å². The van der Waals surface area contributed by atoms with Crippen molar-refractivity contribution in [2.45, 2.75) is 26.3 Å². The maximum Gasteiger partial charge on any atom is 0.290 e. The van der Waals surface area contributed by atoms with E-state index in [0.717, 1.165) is 0 Å². The lowest BCUT2D eigenvalue weighted by atomic mass is 9.95. The van der Waals surface area contributed by atoms with E-state index in [1.54, 1.807) is 12.1 Å². The summed E-state index contributed by atoms with van der Waals surface area (Å²) in [5.41, 5.74) is 5.63. The Labute approximate surface area is 123 Å². The molecule has 0 saturated heterocycles. The van der Waals surface area contributed by atoms with Crippen LogP contribution in [0.25, 0.3) is 0 Å².